The molecule has 0 spiro atoms. The number of anilines is 1. The maximum Gasteiger partial charge on any atom is 0.272 e. The summed E-state index contributed by atoms with van der Waals surface area (Å²) < 4.78 is 5.26. The molecule has 132 valence electrons. The van der Waals surface area contributed by atoms with Gasteiger partial charge in [-0.05, 0) is 25.1 Å². The van der Waals surface area contributed by atoms with E-state index in [0.717, 1.165) is 5.76 Å². The van der Waals surface area contributed by atoms with E-state index in [4.69, 9.17) is 4.42 Å². The molecule has 0 bridgehead atoms. The second-order valence-electron chi connectivity index (χ2n) is 5.95. The first-order valence-corrected chi connectivity index (χ1v) is 8.19. The van der Waals surface area contributed by atoms with Gasteiger partial charge < -0.3 is 19.5 Å². The third-order valence-electron chi connectivity index (χ3n) is 4.09. The summed E-state index contributed by atoms with van der Waals surface area (Å²) in [6.45, 7) is 5.94. The number of amides is 2. The number of carbonyl (C=O) groups excluding carboxylic acids is 2. The van der Waals surface area contributed by atoms with E-state index in [1.54, 1.807) is 29.1 Å². The molecule has 1 N–H and O–H groups in total. The quantitative estimate of drug-likeness (QED) is 0.899. The number of aromatic nitrogens is 2. The Morgan fingerprint density at radius 2 is 1.92 bits per heavy atom. The molecule has 0 atom stereocenters. The monoisotopic (exact) mass is 343 g/mol. The van der Waals surface area contributed by atoms with Gasteiger partial charge in [0.15, 0.2) is 0 Å². The minimum atomic E-state index is -0.144. The fourth-order valence-corrected chi connectivity index (χ4v) is 2.72. The summed E-state index contributed by atoms with van der Waals surface area (Å²) in [5.74, 6) is 1.05. The zero-order chi connectivity index (χ0) is 17.8. The molecule has 2 aromatic rings. The van der Waals surface area contributed by atoms with Crippen LogP contribution in [-0.2, 0) is 11.3 Å². The fraction of sp³-hybridized carbons (Fsp3) is 0.412. The standard InChI is InChI=1S/C17H21N5O3/c1-12-10-15(16(24)22-7-5-21(6-8-22)13(2)23)20-17(19-12)18-11-14-4-3-9-25-14/h3-4,9-10H,5-8,11H2,1-2H3,(H,18,19,20). The Balaban J connectivity index is 1.67. The maximum atomic E-state index is 12.7. The van der Waals surface area contributed by atoms with Gasteiger partial charge in [-0.15, -0.1) is 0 Å². The summed E-state index contributed by atoms with van der Waals surface area (Å²) in [7, 11) is 0. The van der Waals surface area contributed by atoms with Gasteiger partial charge in [-0.2, -0.15) is 0 Å². The summed E-state index contributed by atoms with van der Waals surface area (Å²) >= 11 is 0. The van der Waals surface area contributed by atoms with Gasteiger partial charge in [0.2, 0.25) is 11.9 Å². The van der Waals surface area contributed by atoms with Crippen LogP contribution in [0.1, 0.15) is 28.9 Å². The van der Waals surface area contributed by atoms with Crippen LogP contribution in [-0.4, -0.2) is 57.8 Å². The van der Waals surface area contributed by atoms with Crippen LogP contribution in [0.4, 0.5) is 5.95 Å². The highest BCUT2D eigenvalue weighted by Crippen LogP contribution is 2.12. The van der Waals surface area contributed by atoms with Crippen molar-refractivity contribution < 1.29 is 14.0 Å². The highest BCUT2D eigenvalue weighted by atomic mass is 16.3. The van der Waals surface area contributed by atoms with Crippen molar-refractivity contribution in [3.63, 3.8) is 0 Å². The van der Waals surface area contributed by atoms with Gasteiger partial charge >= 0.3 is 0 Å². The van der Waals surface area contributed by atoms with Crippen LogP contribution >= 0.6 is 0 Å². The summed E-state index contributed by atoms with van der Waals surface area (Å²) in [6.07, 6.45) is 1.60. The Labute approximate surface area is 145 Å². The van der Waals surface area contributed by atoms with E-state index >= 15 is 0 Å². The van der Waals surface area contributed by atoms with Crippen molar-refractivity contribution >= 4 is 17.8 Å². The number of carbonyl (C=O) groups is 2. The molecule has 25 heavy (non-hydrogen) atoms. The van der Waals surface area contributed by atoms with Gasteiger partial charge in [0.05, 0.1) is 12.8 Å². The van der Waals surface area contributed by atoms with Crippen LogP contribution < -0.4 is 5.32 Å². The summed E-state index contributed by atoms with van der Waals surface area (Å²) in [5, 5.41) is 3.07. The van der Waals surface area contributed by atoms with Gasteiger partial charge in [0, 0.05) is 38.8 Å². The second-order valence-corrected chi connectivity index (χ2v) is 5.95. The normalized spacial score (nSPS) is 14.5. The van der Waals surface area contributed by atoms with Gasteiger partial charge in [-0.1, -0.05) is 0 Å². The molecule has 0 saturated carbocycles. The molecule has 1 aliphatic heterocycles. The third kappa shape index (κ3) is 4.14. The molecule has 2 aromatic heterocycles. The second kappa shape index (κ2) is 7.33. The fourth-order valence-electron chi connectivity index (χ4n) is 2.72. The van der Waals surface area contributed by atoms with E-state index in [9.17, 15) is 9.59 Å². The minimum Gasteiger partial charge on any atom is -0.467 e. The van der Waals surface area contributed by atoms with Crippen LogP contribution in [0.2, 0.25) is 0 Å². The molecule has 1 aliphatic rings. The van der Waals surface area contributed by atoms with E-state index in [2.05, 4.69) is 15.3 Å². The zero-order valence-corrected chi connectivity index (χ0v) is 14.4. The number of rotatable bonds is 4. The summed E-state index contributed by atoms with van der Waals surface area (Å²) in [6, 6.07) is 5.34. The first-order chi connectivity index (χ1) is 12.0. The molecular formula is C17H21N5O3. The molecule has 0 unspecified atom stereocenters. The Kier molecular flexibility index (Phi) is 4.97. The number of furan rings is 1. The van der Waals surface area contributed by atoms with Crippen LogP contribution in [0, 0.1) is 6.92 Å². The molecule has 8 nitrogen and oxygen atoms in total. The van der Waals surface area contributed by atoms with Gasteiger partial charge in [-0.25, -0.2) is 9.97 Å². The molecule has 3 rings (SSSR count). The number of hydrogen-bond donors (Lipinski definition) is 1. The molecule has 2 amide bonds. The molecule has 1 saturated heterocycles. The average molecular weight is 343 g/mol. The van der Waals surface area contributed by atoms with Crippen molar-refractivity contribution in [3.05, 3.63) is 41.6 Å². The average Bonchev–Trinajstić information content (AvgIpc) is 3.12. The molecular weight excluding hydrogens is 322 g/mol. The predicted molar refractivity (Wildman–Crippen MR) is 91.0 cm³/mol. The zero-order valence-electron chi connectivity index (χ0n) is 14.4. The molecule has 0 aliphatic carbocycles. The van der Waals surface area contributed by atoms with E-state index < -0.39 is 0 Å². The smallest absolute Gasteiger partial charge is 0.272 e. The first kappa shape index (κ1) is 16.9. The largest absolute Gasteiger partial charge is 0.467 e. The highest BCUT2D eigenvalue weighted by molar-refractivity contribution is 5.93. The number of aryl methyl sites for hydroxylation is 1. The van der Waals surface area contributed by atoms with Crippen LogP contribution in [0.25, 0.3) is 0 Å². The molecule has 0 aromatic carbocycles. The summed E-state index contributed by atoms with van der Waals surface area (Å²) in [4.78, 5) is 36.2. The molecule has 1 fully saturated rings. The first-order valence-electron chi connectivity index (χ1n) is 8.19. The van der Waals surface area contributed by atoms with Crippen molar-refractivity contribution in [1.82, 2.24) is 19.8 Å². The van der Waals surface area contributed by atoms with Crippen molar-refractivity contribution in [2.24, 2.45) is 0 Å². The van der Waals surface area contributed by atoms with Crippen molar-refractivity contribution in [3.8, 4) is 0 Å². The lowest BCUT2D eigenvalue weighted by Crippen LogP contribution is -2.50. The van der Waals surface area contributed by atoms with Gasteiger partial charge in [-0.3, -0.25) is 9.59 Å². The van der Waals surface area contributed by atoms with Gasteiger partial charge in [0.25, 0.3) is 5.91 Å². The topological polar surface area (TPSA) is 91.6 Å². The Morgan fingerprint density at radius 3 is 2.56 bits per heavy atom. The maximum absolute atomic E-state index is 12.7. The number of piperazine rings is 1. The highest BCUT2D eigenvalue weighted by Gasteiger charge is 2.24. The minimum absolute atomic E-state index is 0.0365. The predicted octanol–water partition coefficient (Wildman–Crippen LogP) is 1.29. The van der Waals surface area contributed by atoms with Crippen molar-refractivity contribution in [2.75, 3.05) is 31.5 Å². The lowest BCUT2D eigenvalue weighted by atomic mass is 10.2. The third-order valence-corrected chi connectivity index (χ3v) is 4.09. The van der Waals surface area contributed by atoms with Crippen LogP contribution in [0.5, 0.6) is 0 Å². The van der Waals surface area contributed by atoms with Crippen LogP contribution in [0.15, 0.2) is 28.9 Å². The lowest BCUT2D eigenvalue weighted by molar-refractivity contribution is -0.130. The van der Waals surface area contributed by atoms with Crippen molar-refractivity contribution in [1.29, 1.82) is 0 Å². The van der Waals surface area contributed by atoms with E-state index in [1.165, 1.54) is 0 Å². The van der Waals surface area contributed by atoms with E-state index in [1.807, 2.05) is 19.1 Å². The molecule has 3 heterocycles. The Morgan fingerprint density at radius 1 is 1.20 bits per heavy atom. The Bertz CT molecular complexity index is 752. The molecule has 8 heteroatoms. The lowest BCUT2D eigenvalue weighted by Gasteiger charge is -2.34. The van der Waals surface area contributed by atoms with Crippen LogP contribution in [0.3, 0.4) is 0 Å². The van der Waals surface area contributed by atoms with E-state index in [0.29, 0.717) is 50.1 Å². The Hall–Kier alpha value is -2.90. The van der Waals surface area contributed by atoms with E-state index in [-0.39, 0.29) is 11.8 Å². The number of nitrogens with one attached hydrogen (secondary N) is 1. The number of nitrogens with zero attached hydrogens (tertiary/aromatic N) is 4. The number of hydrogen-bond acceptors (Lipinski definition) is 6. The van der Waals surface area contributed by atoms with Gasteiger partial charge in [0.1, 0.15) is 11.5 Å². The molecule has 0 radical (unpaired) electrons. The summed E-state index contributed by atoms with van der Waals surface area (Å²) in [5.41, 5.74) is 1.06. The SMILES string of the molecule is CC(=O)N1CCN(C(=O)c2cc(C)nc(NCc3ccco3)n2)CC1. The van der Waals surface area contributed by atoms with Crippen molar-refractivity contribution in [2.45, 2.75) is 20.4 Å².